The third-order valence-electron chi connectivity index (χ3n) is 3.69. The first-order valence-corrected chi connectivity index (χ1v) is 10.1. The Labute approximate surface area is 160 Å². The average Bonchev–Trinajstić information content (AvgIpc) is 3.08. The van der Waals surface area contributed by atoms with Crippen LogP contribution in [0.25, 0.3) is 10.4 Å². The van der Waals surface area contributed by atoms with Crippen LogP contribution < -0.4 is 21.7 Å². The van der Waals surface area contributed by atoms with Gasteiger partial charge in [0, 0.05) is 16.0 Å². The van der Waals surface area contributed by atoms with Crippen LogP contribution in [0.15, 0.2) is 40.6 Å². The van der Waals surface area contributed by atoms with Crippen molar-refractivity contribution in [3.8, 4) is 10.4 Å². The van der Waals surface area contributed by atoms with Crippen molar-refractivity contribution in [2.75, 3.05) is 0 Å². The molecule has 0 aliphatic rings. The first-order chi connectivity index (χ1) is 12.4. The van der Waals surface area contributed by atoms with Crippen molar-refractivity contribution in [3.63, 3.8) is 0 Å². The van der Waals surface area contributed by atoms with Crippen molar-refractivity contribution in [2.24, 2.45) is 10.9 Å². The summed E-state index contributed by atoms with van der Waals surface area (Å²) in [6, 6.07) is 8.22. The fraction of sp³-hybridized carbons (Fsp3) is 0.250. The van der Waals surface area contributed by atoms with Gasteiger partial charge in [0.05, 0.1) is 0 Å². The summed E-state index contributed by atoms with van der Waals surface area (Å²) in [4.78, 5) is 24.8. The van der Waals surface area contributed by atoms with Gasteiger partial charge in [-0.05, 0) is 43.7 Å². The van der Waals surface area contributed by atoms with E-state index in [4.69, 9.17) is 16.1 Å². The molecule has 0 saturated carbocycles. The number of carbonyl (C=O) groups excluding carboxylic acids is 2. The Bertz CT molecular complexity index is 946. The van der Waals surface area contributed by atoms with E-state index in [1.54, 1.807) is 18.2 Å². The number of carbonyl (C=O) groups is 2. The molecule has 1 heterocycles. The maximum Gasteiger partial charge on any atom is 0.267 e. The minimum atomic E-state index is -3.77. The lowest BCUT2D eigenvalue weighted by Crippen LogP contribution is -2.61. The Kier molecular flexibility index (Phi) is 6.02. The predicted molar refractivity (Wildman–Crippen MR) is 101 cm³/mol. The molecular formula is C16H20N4O5S2. The van der Waals surface area contributed by atoms with Gasteiger partial charge in [-0.1, -0.05) is 12.1 Å². The fourth-order valence-electron chi connectivity index (χ4n) is 2.28. The Morgan fingerprint density at radius 3 is 2.19 bits per heavy atom. The maximum absolute atomic E-state index is 12.4. The number of benzene rings is 1. The number of primary sulfonamides is 1. The smallest absolute Gasteiger partial charge is 0.267 e. The van der Waals surface area contributed by atoms with E-state index in [-0.39, 0.29) is 9.77 Å². The van der Waals surface area contributed by atoms with E-state index < -0.39 is 33.4 Å². The summed E-state index contributed by atoms with van der Waals surface area (Å²) in [7, 11) is -3.77. The monoisotopic (exact) mass is 412 g/mol. The lowest BCUT2D eigenvalue weighted by atomic mass is 9.95. The summed E-state index contributed by atoms with van der Waals surface area (Å²) in [5.74, 6) is -1.38. The highest BCUT2D eigenvalue weighted by Crippen LogP contribution is 2.30. The molecule has 0 bridgehead atoms. The highest BCUT2D eigenvalue weighted by atomic mass is 32.2. The SMILES string of the molecule is CC(C)(N)[C@H](NC(=O)c1ccc(-c2ccc(S(N)(=O)=O)s2)cc1)C(=O)NO. The van der Waals surface area contributed by atoms with Crippen LogP contribution in [0.3, 0.4) is 0 Å². The summed E-state index contributed by atoms with van der Waals surface area (Å²) < 4.78 is 22.8. The van der Waals surface area contributed by atoms with E-state index in [2.05, 4.69) is 5.32 Å². The van der Waals surface area contributed by atoms with Gasteiger partial charge in [0.25, 0.3) is 11.8 Å². The quantitative estimate of drug-likeness (QED) is 0.340. The lowest BCUT2D eigenvalue weighted by molar-refractivity contribution is -0.132. The van der Waals surface area contributed by atoms with Crippen molar-refractivity contribution < 1.29 is 23.2 Å². The van der Waals surface area contributed by atoms with Gasteiger partial charge in [-0.15, -0.1) is 11.3 Å². The molecule has 7 N–H and O–H groups in total. The third-order valence-corrected chi connectivity index (χ3v) is 6.26. The topological polar surface area (TPSA) is 165 Å². The van der Waals surface area contributed by atoms with Crippen LogP contribution in [-0.2, 0) is 14.8 Å². The molecule has 2 amide bonds. The zero-order valence-corrected chi connectivity index (χ0v) is 16.2. The zero-order valence-electron chi connectivity index (χ0n) is 14.6. The van der Waals surface area contributed by atoms with E-state index in [0.29, 0.717) is 10.4 Å². The van der Waals surface area contributed by atoms with E-state index in [9.17, 15) is 18.0 Å². The van der Waals surface area contributed by atoms with Crippen LogP contribution in [0.1, 0.15) is 24.2 Å². The van der Waals surface area contributed by atoms with Gasteiger partial charge >= 0.3 is 0 Å². The van der Waals surface area contributed by atoms with Crippen molar-refractivity contribution in [1.29, 1.82) is 0 Å². The predicted octanol–water partition coefficient (Wildman–Crippen LogP) is 0.404. The molecule has 0 aliphatic carbocycles. The van der Waals surface area contributed by atoms with Gasteiger partial charge in [-0.3, -0.25) is 14.8 Å². The van der Waals surface area contributed by atoms with Crippen LogP contribution in [0.2, 0.25) is 0 Å². The number of nitrogens with two attached hydrogens (primary N) is 2. The van der Waals surface area contributed by atoms with Crippen molar-refractivity contribution in [2.45, 2.75) is 29.6 Å². The number of amides is 2. The lowest BCUT2D eigenvalue weighted by Gasteiger charge is -2.29. The summed E-state index contributed by atoms with van der Waals surface area (Å²) in [5, 5.41) is 16.4. The molecule has 0 unspecified atom stereocenters. The molecule has 146 valence electrons. The van der Waals surface area contributed by atoms with Crippen LogP contribution in [-0.4, -0.2) is 37.0 Å². The zero-order chi connectivity index (χ0) is 20.4. The first-order valence-electron chi connectivity index (χ1n) is 7.70. The number of hydrogen-bond donors (Lipinski definition) is 5. The van der Waals surface area contributed by atoms with Gasteiger partial charge in [0.15, 0.2) is 0 Å². The van der Waals surface area contributed by atoms with Crippen LogP contribution in [0.5, 0.6) is 0 Å². The molecule has 2 rings (SSSR count). The van der Waals surface area contributed by atoms with E-state index in [1.165, 1.54) is 37.5 Å². The summed E-state index contributed by atoms with van der Waals surface area (Å²) >= 11 is 1.02. The van der Waals surface area contributed by atoms with Gasteiger partial charge in [0.1, 0.15) is 10.3 Å². The molecule has 27 heavy (non-hydrogen) atoms. The molecule has 0 saturated heterocycles. The van der Waals surface area contributed by atoms with E-state index >= 15 is 0 Å². The normalized spacial score (nSPS) is 13.1. The van der Waals surface area contributed by atoms with Gasteiger partial charge < -0.3 is 11.1 Å². The maximum atomic E-state index is 12.4. The van der Waals surface area contributed by atoms with Crippen LogP contribution in [0, 0.1) is 0 Å². The average molecular weight is 412 g/mol. The number of hydroxylamine groups is 1. The molecule has 0 aliphatic heterocycles. The molecular weight excluding hydrogens is 392 g/mol. The second kappa shape index (κ2) is 7.74. The summed E-state index contributed by atoms with van der Waals surface area (Å²) in [6.07, 6.45) is 0. The Morgan fingerprint density at radius 2 is 1.74 bits per heavy atom. The van der Waals surface area contributed by atoms with Crippen molar-refractivity contribution in [3.05, 3.63) is 42.0 Å². The number of hydrogen-bond acceptors (Lipinski definition) is 7. The van der Waals surface area contributed by atoms with E-state index in [1.807, 2.05) is 0 Å². The van der Waals surface area contributed by atoms with E-state index in [0.717, 1.165) is 11.3 Å². The Morgan fingerprint density at radius 1 is 1.15 bits per heavy atom. The van der Waals surface area contributed by atoms with Crippen molar-refractivity contribution >= 4 is 33.2 Å². The summed E-state index contributed by atoms with van der Waals surface area (Å²) in [5.41, 5.74) is 7.22. The minimum absolute atomic E-state index is 0.0438. The van der Waals surface area contributed by atoms with Crippen LogP contribution >= 0.6 is 11.3 Å². The van der Waals surface area contributed by atoms with Gasteiger partial charge in [-0.25, -0.2) is 19.0 Å². The first kappa shape index (κ1) is 21.0. The standard InChI is InChI=1S/C16H20N4O5S2/c1-16(2,17)13(15(22)20-23)19-14(21)10-5-3-9(4-6-10)11-7-8-12(26-11)27(18,24)25/h3-8,13,23H,17H2,1-2H3,(H,19,21)(H,20,22)(H2,18,24,25)/t13-/m1/s1. The van der Waals surface area contributed by atoms with Crippen LogP contribution in [0.4, 0.5) is 0 Å². The highest BCUT2D eigenvalue weighted by Gasteiger charge is 2.33. The molecule has 0 fully saturated rings. The van der Waals surface area contributed by atoms with Gasteiger partial charge in [0.2, 0.25) is 10.0 Å². The second-order valence-electron chi connectivity index (χ2n) is 6.44. The highest BCUT2D eigenvalue weighted by molar-refractivity contribution is 7.91. The molecule has 0 radical (unpaired) electrons. The third kappa shape index (κ3) is 5.11. The molecule has 0 spiro atoms. The molecule has 9 nitrogen and oxygen atoms in total. The summed E-state index contributed by atoms with van der Waals surface area (Å²) in [6.45, 7) is 3.08. The largest absolute Gasteiger partial charge is 0.338 e. The second-order valence-corrected chi connectivity index (χ2v) is 9.32. The minimum Gasteiger partial charge on any atom is -0.338 e. The Hall–Kier alpha value is -2.31. The molecule has 2 aromatic rings. The van der Waals surface area contributed by atoms with Crippen molar-refractivity contribution in [1.82, 2.24) is 10.8 Å². The number of rotatable bonds is 6. The molecule has 11 heteroatoms. The fourth-order valence-corrected chi connectivity index (χ4v) is 4.02. The number of thiophene rings is 1. The number of sulfonamides is 1. The molecule has 1 aromatic carbocycles. The number of nitrogens with one attached hydrogen (secondary N) is 2. The molecule has 1 aromatic heterocycles. The van der Waals surface area contributed by atoms with Gasteiger partial charge in [-0.2, -0.15) is 0 Å². The Balaban J connectivity index is 2.20. The molecule has 1 atom stereocenters.